The van der Waals surface area contributed by atoms with Gasteiger partial charge in [-0.1, -0.05) is 42.5 Å². The van der Waals surface area contributed by atoms with Crippen molar-refractivity contribution in [1.82, 2.24) is 9.88 Å². The number of nitriles is 1. The Hall–Kier alpha value is -4.49. The van der Waals surface area contributed by atoms with E-state index in [4.69, 9.17) is 0 Å². The molecule has 5 rings (SSSR count). The van der Waals surface area contributed by atoms with E-state index in [1.165, 1.54) is 18.2 Å². The summed E-state index contributed by atoms with van der Waals surface area (Å²) < 4.78 is 67.3. The first-order chi connectivity index (χ1) is 18.1. The third-order valence-electron chi connectivity index (χ3n) is 6.27. The molecule has 1 unspecified atom stereocenters. The van der Waals surface area contributed by atoms with Crippen LogP contribution in [0.2, 0.25) is 0 Å². The minimum atomic E-state index is -4.56. The van der Waals surface area contributed by atoms with E-state index in [1.807, 2.05) is 0 Å². The standard InChI is InChI=1S/C28H21F3N4O2S/c1-38(36,37)23-8-4-6-20(16-23)19-11-13-21(14-12-19)35-18-26(34-15-5-7-22(34)17-32)33-27(35)24-9-2-3-10-25(24)28(29,30)31/h2-16,18,27,33H,1H3. The number of rotatable bonds is 5. The van der Waals surface area contributed by atoms with E-state index < -0.39 is 27.7 Å². The van der Waals surface area contributed by atoms with Gasteiger partial charge < -0.3 is 10.2 Å². The molecular formula is C28H21F3N4O2S. The van der Waals surface area contributed by atoms with E-state index in [1.54, 1.807) is 82.5 Å². The molecule has 3 aromatic carbocycles. The summed E-state index contributed by atoms with van der Waals surface area (Å²) in [6, 6.07) is 24.4. The lowest BCUT2D eigenvalue weighted by molar-refractivity contribution is -0.138. The molecule has 2 heterocycles. The van der Waals surface area contributed by atoms with Crippen molar-refractivity contribution >= 4 is 21.3 Å². The maximum Gasteiger partial charge on any atom is 0.416 e. The lowest BCUT2D eigenvalue weighted by atomic mass is 10.0. The van der Waals surface area contributed by atoms with Gasteiger partial charge in [-0.3, -0.25) is 4.57 Å². The highest BCUT2D eigenvalue weighted by atomic mass is 32.2. The summed E-state index contributed by atoms with van der Waals surface area (Å²) in [7, 11) is -3.38. The van der Waals surface area contributed by atoms with Gasteiger partial charge in [-0.05, 0) is 53.6 Å². The van der Waals surface area contributed by atoms with Crippen molar-refractivity contribution in [2.24, 2.45) is 0 Å². The third-order valence-corrected chi connectivity index (χ3v) is 7.38. The number of hydrogen-bond donors (Lipinski definition) is 1. The summed E-state index contributed by atoms with van der Waals surface area (Å²) >= 11 is 0. The Morgan fingerprint density at radius 3 is 2.34 bits per heavy atom. The number of benzene rings is 3. The predicted octanol–water partition coefficient (Wildman–Crippen LogP) is 6.01. The molecule has 0 spiro atoms. The van der Waals surface area contributed by atoms with Crippen molar-refractivity contribution < 1.29 is 21.6 Å². The summed E-state index contributed by atoms with van der Waals surface area (Å²) in [4.78, 5) is 1.87. The quantitative estimate of drug-likeness (QED) is 0.339. The minimum absolute atomic E-state index is 0.0295. The Labute approximate surface area is 217 Å². The monoisotopic (exact) mass is 534 g/mol. The van der Waals surface area contributed by atoms with Gasteiger partial charge in [0.15, 0.2) is 9.84 Å². The molecule has 4 aromatic rings. The van der Waals surface area contributed by atoms with Crippen molar-refractivity contribution in [3.8, 4) is 17.2 Å². The van der Waals surface area contributed by atoms with Crippen LogP contribution in [0.4, 0.5) is 18.9 Å². The molecule has 0 aliphatic carbocycles. The summed E-state index contributed by atoms with van der Waals surface area (Å²) in [5.41, 5.74) is 1.64. The van der Waals surface area contributed by atoms with Crippen LogP contribution in [0.1, 0.15) is 23.0 Å². The summed E-state index contributed by atoms with van der Waals surface area (Å²) in [6.07, 6.45) is -1.01. The summed E-state index contributed by atoms with van der Waals surface area (Å²) in [6.45, 7) is 0. The normalized spacial score (nSPS) is 15.6. The highest BCUT2D eigenvalue weighted by Gasteiger charge is 2.38. The average Bonchev–Trinajstić information content (AvgIpc) is 3.55. The van der Waals surface area contributed by atoms with Crippen LogP contribution in [0.15, 0.2) is 102 Å². The second kappa shape index (κ2) is 9.43. The van der Waals surface area contributed by atoms with Gasteiger partial charge in [0.05, 0.1) is 10.5 Å². The molecule has 192 valence electrons. The molecule has 1 aliphatic rings. The SMILES string of the molecule is CS(=O)(=O)c1cccc(-c2ccc(N3C=C(n4cccc4C#N)NC3c3ccccc3C(F)(F)F)cc2)c1. The Bertz CT molecular complexity index is 1680. The first-order valence-electron chi connectivity index (χ1n) is 11.5. The van der Waals surface area contributed by atoms with Gasteiger partial charge >= 0.3 is 6.18 Å². The molecule has 0 bridgehead atoms. The van der Waals surface area contributed by atoms with Crippen LogP contribution in [-0.2, 0) is 16.0 Å². The zero-order valence-corrected chi connectivity index (χ0v) is 20.8. The highest BCUT2D eigenvalue weighted by molar-refractivity contribution is 7.90. The first kappa shape index (κ1) is 25.2. The Morgan fingerprint density at radius 1 is 0.921 bits per heavy atom. The highest BCUT2D eigenvalue weighted by Crippen LogP contribution is 2.40. The van der Waals surface area contributed by atoms with Crippen molar-refractivity contribution in [3.05, 3.63) is 114 Å². The zero-order chi connectivity index (χ0) is 27.1. The molecule has 1 atom stereocenters. The number of aromatic nitrogens is 1. The second-order valence-corrected chi connectivity index (χ2v) is 10.8. The Kier molecular flexibility index (Phi) is 6.25. The van der Waals surface area contributed by atoms with Gasteiger partial charge in [-0.25, -0.2) is 8.42 Å². The molecule has 1 N–H and O–H groups in total. The molecule has 6 nitrogen and oxygen atoms in total. The lowest BCUT2D eigenvalue weighted by Gasteiger charge is -2.28. The molecule has 0 fully saturated rings. The van der Waals surface area contributed by atoms with E-state index >= 15 is 0 Å². The van der Waals surface area contributed by atoms with E-state index in [2.05, 4.69) is 11.4 Å². The summed E-state index contributed by atoms with van der Waals surface area (Å²) in [5, 5.41) is 12.6. The van der Waals surface area contributed by atoms with E-state index in [9.17, 15) is 26.9 Å². The molecule has 0 saturated heterocycles. The number of halogens is 3. The van der Waals surface area contributed by atoms with Gasteiger partial charge in [-0.2, -0.15) is 18.4 Å². The fourth-order valence-corrected chi connectivity index (χ4v) is 5.11. The smallest absolute Gasteiger partial charge is 0.346 e. The molecule has 0 amide bonds. The number of nitrogens with zero attached hydrogens (tertiary/aromatic N) is 3. The van der Waals surface area contributed by atoms with Crippen LogP contribution in [0.25, 0.3) is 16.9 Å². The van der Waals surface area contributed by atoms with Gasteiger partial charge in [0.1, 0.15) is 23.7 Å². The molecule has 1 aromatic heterocycles. The molecule has 0 radical (unpaired) electrons. The van der Waals surface area contributed by atoms with Crippen LogP contribution in [0.5, 0.6) is 0 Å². The van der Waals surface area contributed by atoms with Crippen LogP contribution in [0, 0.1) is 11.3 Å². The first-order valence-corrected chi connectivity index (χ1v) is 13.4. The number of hydrogen-bond acceptors (Lipinski definition) is 5. The predicted molar refractivity (Wildman–Crippen MR) is 138 cm³/mol. The van der Waals surface area contributed by atoms with Gasteiger partial charge in [0, 0.05) is 29.9 Å². The van der Waals surface area contributed by atoms with Crippen molar-refractivity contribution in [3.63, 3.8) is 0 Å². The number of anilines is 1. The van der Waals surface area contributed by atoms with Crippen LogP contribution < -0.4 is 10.2 Å². The van der Waals surface area contributed by atoms with Crippen LogP contribution in [-0.4, -0.2) is 19.2 Å². The molecular weight excluding hydrogens is 513 g/mol. The third kappa shape index (κ3) is 4.76. The summed E-state index contributed by atoms with van der Waals surface area (Å²) in [5.74, 6) is 0.443. The average molecular weight is 535 g/mol. The van der Waals surface area contributed by atoms with Crippen LogP contribution >= 0.6 is 0 Å². The van der Waals surface area contributed by atoms with E-state index in [0.29, 0.717) is 22.8 Å². The van der Waals surface area contributed by atoms with Crippen LogP contribution in [0.3, 0.4) is 0 Å². The molecule has 38 heavy (non-hydrogen) atoms. The van der Waals surface area contributed by atoms with Gasteiger partial charge in [0.2, 0.25) is 0 Å². The van der Waals surface area contributed by atoms with E-state index in [-0.39, 0.29) is 10.5 Å². The number of sulfone groups is 1. The Morgan fingerprint density at radius 2 is 1.66 bits per heavy atom. The topological polar surface area (TPSA) is 78.1 Å². The molecule has 1 aliphatic heterocycles. The van der Waals surface area contributed by atoms with Crippen molar-refractivity contribution in [2.75, 3.05) is 11.2 Å². The Balaban J connectivity index is 1.57. The van der Waals surface area contributed by atoms with Gasteiger partial charge in [-0.15, -0.1) is 0 Å². The maximum absolute atomic E-state index is 13.9. The molecule has 10 heteroatoms. The molecule has 0 saturated carbocycles. The van der Waals surface area contributed by atoms with E-state index in [0.717, 1.165) is 17.9 Å². The van der Waals surface area contributed by atoms with Crippen molar-refractivity contribution in [2.45, 2.75) is 17.2 Å². The number of nitrogens with one attached hydrogen (secondary N) is 1. The fourth-order valence-electron chi connectivity index (χ4n) is 4.44. The minimum Gasteiger partial charge on any atom is -0.346 e. The number of alkyl halides is 3. The zero-order valence-electron chi connectivity index (χ0n) is 20.0. The maximum atomic E-state index is 13.9. The lowest BCUT2D eigenvalue weighted by Crippen LogP contribution is -2.30. The second-order valence-electron chi connectivity index (χ2n) is 8.78. The van der Waals surface area contributed by atoms with Crippen molar-refractivity contribution in [1.29, 1.82) is 5.26 Å². The van der Waals surface area contributed by atoms with Gasteiger partial charge in [0.25, 0.3) is 0 Å². The fraction of sp³-hybridized carbons (Fsp3) is 0.107. The largest absolute Gasteiger partial charge is 0.416 e.